The number of ether oxygens (including phenoxy) is 1. The zero-order chi connectivity index (χ0) is 16.0. The molecule has 1 fully saturated rings. The maximum Gasteiger partial charge on any atom is 0.337 e. The average molecular weight is 325 g/mol. The average Bonchev–Trinajstić information content (AvgIpc) is 2.54. The third-order valence-electron chi connectivity index (χ3n) is 4.05. The lowest BCUT2D eigenvalue weighted by atomic mass is 9.90. The van der Waals surface area contributed by atoms with E-state index in [2.05, 4.69) is 9.46 Å². The minimum atomic E-state index is -3.34. The van der Waals surface area contributed by atoms with Crippen molar-refractivity contribution in [3.63, 3.8) is 0 Å². The lowest BCUT2D eigenvalue weighted by Crippen LogP contribution is -2.31. The van der Waals surface area contributed by atoms with E-state index >= 15 is 0 Å². The van der Waals surface area contributed by atoms with E-state index in [4.69, 9.17) is 0 Å². The Morgan fingerprint density at radius 1 is 1.18 bits per heavy atom. The van der Waals surface area contributed by atoms with Crippen molar-refractivity contribution in [2.24, 2.45) is 5.92 Å². The van der Waals surface area contributed by atoms with Crippen molar-refractivity contribution in [3.8, 4) is 0 Å². The predicted octanol–water partition coefficient (Wildman–Crippen LogP) is 2.47. The molecule has 0 spiro atoms. The summed E-state index contributed by atoms with van der Waals surface area (Å²) in [5.74, 6) is -0.0312. The van der Waals surface area contributed by atoms with Crippen LogP contribution < -0.4 is 4.72 Å². The van der Waals surface area contributed by atoms with Crippen molar-refractivity contribution < 1.29 is 17.9 Å². The molecule has 122 valence electrons. The number of carbonyl (C=O) groups is 1. The van der Waals surface area contributed by atoms with Crippen LogP contribution in [0.1, 0.15) is 48.0 Å². The molecule has 1 saturated carbocycles. The summed E-state index contributed by atoms with van der Waals surface area (Å²) in [6.07, 6.45) is 5.87. The van der Waals surface area contributed by atoms with Gasteiger partial charge >= 0.3 is 5.97 Å². The molecule has 22 heavy (non-hydrogen) atoms. The quantitative estimate of drug-likeness (QED) is 0.816. The standard InChI is InChI=1S/C16H23NO4S/c1-21-16(18)15-9-7-14(8-10-15)12-22(19,20)17-11-13-5-3-2-4-6-13/h7-10,13,17H,2-6,11-12H2,1H3. The second-order valence-electron chi connectivity index (χ2n) is 5.80. The summed E-state index contributed by atoms with van der Waals surface area (Å²) in [5.41, 5.74) is 1.07. The lowest BCUT2D eigenvalue weighted by Gasteiger charge is -2.21. The summed E-state index contributed by atoms with van der Waals surface area (Å²) in [7, 11) is -2.02. The molecule has 0 atom stereocenters. The first-order chi connectivity index (χ1) is 10.5. The van der Waals surface area contributed by atoms with Crippen LogP contribution in [0, 0.1) is 5.92 Å². The number of benzene rings is 1. The van der Waals surface area contributed by atoms with Gasteiger partial charge in [0.2, 0.25) is 10.0 Å². The molecular weight excluding hydrogens is 302 g/mol. The Hall–Kier alpha value is -1.40. The Labute approximate surface area is 132 Å². The van der Waals surface area contributed by atoms with E-state index in [9.17, 15) is 13.2 Å². The molecular formula is C16H23NO4S. The van der Waals surface area contributed by atoms with Gasteiger partial charge in [0.15, 0.2) is 0 Å². The highest BCUT2D eigenvalue weighted by Gasteiger charge is 2.17. The molecule has 0 heterocycles. The molecule has 1 aromatic carbocycles. The number of carbonyl (C=O) groups excluding carboxylic acids is 1. The highest BCUT2D eigenvalue weighted by molar-refractivity contribution is 7.88. The van der Waals surface area contributed by atoms with Crippen LogP contribution >= 0.6 is 0 Å². The minimum Gasteiger partial charge on any atom is -0.465 e. The van der Waals surface area contributed by atoms with Crippen LogP contribution in [0.2, 0.25) is 0 Å². The van der Waals surface area contributed by atoms with Crippen LogP contribution in [-0.4, -0.2) is 28.0 Å². The highest BCUT2D eigenvalue weighted by atomic mass is 32.2. The van der Waals surface area contributed by atoms with Crippen molar-refractivity contribution in [1.82, 2.24) is 4.72 Å². The SMILES string of the molecule is COC(=O)c1ccc(CS(=O)(=O)NCC2CCCCC2)cc1. The summed E-state index contributed by atoms with van der Waals surface area (Å²) >= 11 is 0. The van der Waals surface area contributed by atoms with Crippen LogP contribution in [0.5, 0.6) is 0 Å². The third-order valence-corrected chi connectivity index (χ3v) is 5.37. The Balaban J connectivity index is 1.89. The van der Waals surface area contributed by atoms with Crippen molar-refractivity contribution in [2.45, 2.75) is 37.9 Å². The molecule has 1 N–H and O–H groups in total. The van der Waals surface area contributed by atoms with E-state index in [1.807, 2.05) is 0 Å². The smallest absolute Gasteiger partial charge is 0.337 e. The Morgan fingerprint density at radius 2 is 1.82 bits per heavy atom. The summed E-state index contributed by atoms with van der Waals surface area (Å²) in [5, 5.41) is 0. The van der Waals surface area contributed by atoms with Gasteiger partial charge in [0.25, 0.3) is 0 Å². The molecule has 2 rings (SSSR count). The van der Waals surface area contributed by atoms with E-state index in [0.717, 1.165) is 12.8 Å². The minimum absolute atomic E-state index is 0.0683. The van der Waals surface area contributed by atoms with Crippen LogP contribution in [0.3, 0.4) is 0 Å². The fraction of sp³-hybridized carbons (Fsp3) is 0.562. The molecule has 6 heteroatoms. The van der Waals surface area contributed by atoms with Gasteiger partial charge in [0.05, 0.1) is 18.4 Å². The van der Waals surface area contributed by atoms with E-state index in [1.165, 1.54) is 26.4 Å². The number of rotatable bonds is 6. The van der Waals surface area contributed by atoms with Crippen molar-refractivity contribution in [1.29, 1.82) is 0 Å². The van der Waals surface area contributed by atoms with Crippen molar-refractivity contribution >= 4 is 16.0 Å². The molecule has 0 aromatic heterocycles. The summed E-state index contributed by atoms with van der Waals surface area (Å²) in [4.78, 5) is 11.3. The summed E-state index contributed by atoms with van der Waals surface area (Å²) in [6, 6.07) is 6.45. The second kappa shape index (κ2) is 7.74. The number of methoxy groups -OCH3 is 1. The van der Waals surface area contributed by atoms with Gasteiger partial charge in [-0.2, -0.15) is 0 Å². The number of esters is 1. The van der Waals surface area contributed by atoms with Gasteiger partial charge in [-0.1, -0.05) is 31.4 Å². The molecule has 0 radical (unpaired) electrons. The number of nitrogens with one attached hydrogen (secondary N) is 1. The monoisotopic (exact) mass is 325 g/mol. The maximum absolute atomic E-state index is 12.1. The summed E-state index contributed by atoms with van der Waals surface area (Å²) < 4.78 is 31.5. The fourth-order valence-electron chi connectivity index (χ4n) is 2.76. The summed E-state index contributed by atoms with van der Waals surface area (Å²) in [6.45, 7) is 0.530. The van der Waals surface area contributed by atoms with Gasteiger partial charge in [-0.25, -0.2) is 17.9 Å². The van der Waals surface area contributed by atoms with Gasteiger partial charge in [-0.3, -0.25) is 0 Å². The first kappa shape index (κ1) is 17.0. The molecule has 0 bridgehead atoms. The molecule has 0 amide bonds. The Morgan fingerprint density at radius 3 is 2.41 bits per heavy atom. The first-order valence-corrected chi connectivity index (χ1v) is 9.30. The predicted molar refractivity (Wildman–Crippen MR) is 85.0 cm³/mol. The third kappa shape index (κ3) is 5.10. The van der Waals surface area contributed by atoms with Crippen molar-refractivity contribution in [3.05, 3.63) is 35.4 Å². The van der Waals surface area contributed by atoms with Gasteiger partial charge in [0.1, 0.15) is 0 Å². The lowest BCUT2D eigenvalue weighted by molar-refractivity contribution is 0.0600. The molecule has 0 unspecified atom stereocenters. The van der Waals surface area contributed by atoms with E-state index in [-0.39, 0.29) is 5.75 Å². The normalized spacial score (nSPS) is 16.4. The molecule has 5 nitrogen and oxygen atoms in total. The molecule has 1 aliphatic rings. The Kier molecular flexibility index (Phi) is 5.97. The zero-order valence-corrected chi connectivity index (χ0v) is 13.7. The van der Waals surface area contributed by atoms with Gasteiger partial charge < -0.3 is 4.74 Å². The van der Waals surface area contributed by atoms with E-state index in [1.54, 1.807) is 24.3 Å². The van der Waals surface area contributed by atoms with Crippen LogP contribution in [0.25, 0.3) is 0 Å². The van der Waals surface area contributed by atoms with Crippen LogP contribution in [0.4, 0.5) is 0 Å². The largest absolute Gasteiger partial charge is 0.465 e. The van der Waals surface area contributed by atoms with Crippen molar-refractivity contribution in [2.75, 3.05) is 13.7 Å². The molecule has 1 aliphatic carbocycles. The topological polar surface area (TPSA) is 72.5 Å². The number of hydrogen-bond donors (Lipinski definition) is 1. The van der Waals surface area contributed by atoms with E-state index < -0.39 is 16.0 Å². The highest BCUT2D eigenvalue weighted by Crippen LogP contribution is 2.23. The van der Waals surface area contributed by atoms with E-state index in [0.29, 0.717) is 23.6 Å². The number of sulfonamides is 1. The molecule has 1 aromatic rings. The molecule has 0 saturated heterocycles. The zero-order valence-electron chi connectivity index (χ0n) is 12.9. The van der Waals surface area contributed by atoms with Gasteiger partial charge in [0, 0.05) is 6.54 Å². The Bertz CT molecular complexity index is 589. The number of hydrogen-bond acceptors (Lipinski definition) is 4. The first-order valence-electron chi connectivity index (χ1n) is 7.65. The van der Waals surface area contributed by atoms with Gasteiger partial charge in [-0.05, 0) is 36.5 Å². The van der Waals surface area contributed by atoms with Crippen LogP contribution in [-0.2, 0) is 20.5 Å². The van der Waals surface area contributed by atoms with Gasteiger partial charge in [-0.15, -0.1) is 0 Å². The van der Waals surface area contributed by atoms with Crippen LogP contribution in [0.15, 0.2) is 24.3 Å². The maximum atomic E-state index is 12.1. The molecule has 0 aliphatic heterocycles. The second-order valence-corrected chi connectivity index (χ2v) is 7.61. The fourth-order valence-corrected chi connectivity index (χ4v) is 3.98.